The number of hydrogen-bond acceptors (Lipinski definition) is 19. The van der Waals surface area contributed by atoms with Crippen LogP contribution in [0.5, 0.6) is 69.0 Å². The second kappa shape index (κ2) is 33.9. The van der Waals surface area contributed by atoms with Crippen LogP contribution in [0.1, 0.15) is 190 Å². The van der Waals surface area contributed by atoms with Gasteiger partial charge in [0, 0.05) is 35.7 Å². The van der Waals surface area contributed by atoms with Crippen molar-refractivity contribution >= 4 is 64.6 Å². The maximum atomic E-state index is 16.0. The molecule has 8 atom stereocenters. The van der Waals surface area contributed by atoms with Crippen LogP contribution in [0, 0.1) is 0 Å². The number of phenols is 6. The van der Waals surface area contributed by atoms with E-state index in [1.54, 1.807) is 0 Å². The Labute approximate surface area is 614 Å². The number of phenolic OH excluding ortho intramolecular Hbond substituents is 6. The molecule has 17 N–H and O–H groups in total. The number of aliphatic hydroxyl groups excluding tert-OH is 1. The fraction of sp³-hybridized carbons (Fsp3) is 0.364. The van der Waals surface area contributed by atoms with Crippen molar-refractivity contribution in [2.45, 2.75) is 171 Å². The van der Waals surface area contributed by atoms with Gasteiger partial charge in [-0.2, -0.15) is 0 Å². The van der Waals surface area contributed by atoms with Gasteiger partial charge < -0.3 is 98.0 Å². The standard InChI is InChI=1S/C77H84Cl2N8O18/c1-2-3-4-5-6-7-8-9-10-11-12-13-14-15-16-17-26-81-38-49-55(91)37-48-61(69(49)93)47-31-41(20-22-53(47)89)63-73(97)87-67(76(100)86-66(48)77(101)102)68(92)42-21-25-57(51(79)32-42)105-60-35-44-34-59(70(60)94)104-56-24-18-39(27-50(56)78)28-52-71(95)83-64(74(98)85-65(44)75(99)84-63)43-29-45(88)36-46(30-43)103-58-33-40(19-23-54(58)90)62(80)72(96)82-52/h18-25,27,29-37,52,62-68,81,88-94H,2-17,26,28,38,80H2,1H3,(H,82,96)(H,83,95)(H,84,99)(H,85,98)(H,86,100)(H,87,97)(H,101,102)/t52-,62+,63-,64+,65-,66+,67+,68-/m1/s1. The number of carbonyl (C=O) groups is 7. The maximum absolute atomic E-state index is 16.0. The summed E-state index contributed by atoms with van der Waals surface area (Å²) in [6.45, 7) is 2.47. The first-order valence-corrected chi connectivity index (χ1v) is 36.0. The number of fused-ring (bicyclic) bond motifs is 14. The molecule has 554 valence electrons. The molecular formula is C77H84Cl2N8O18. The molecule has 6 aliphatic heterocycles. The number of aliphatic carboxylic acids is 1. The van der Waals surface area contributed by atoms with Crippen LogP contribution in [0.25, 0.3) is 11.1 Å². The van der Waals surface area contributed by atoms with Crippen molar-refractivity contribution in [1.29, 1.82) is 0 Å². The number of nitrogens with two attached hydrogens (primary N) is 1. The quantitative estimate of drug-likeness (QED) is 0.0315. The summed E-state index contributed by atoms with van der Waals surface area (Å²) in [4.78, 5) is 105. The van der Waals surface area contributed by atoms with Gasteiger partial charge in [-0.15, -0.1) is 0 Å². The number of halogens is 2. The largest absolute Gasteiger partial charge is 0.508 e. The molecule has 26 nitrogen and oxygen atoms in total. The smallest absolute Gasteiger partial charge is 0.330 e. The minimum absolute atomic E-state index is 0.122. The maximum Gasteiger partial charge on any atom is 0.330 e. The molecule has 0 unspecified atom stereocenters. The third-order valence-electron chi connectivity index (χ3n) is 19.2. The second-order valence-electron chi connectivity index (χ2n) is 26.8. The summed E-state index contributed by atoms with van der Waals surface area (Å²) in [5.74, 6) is -14.7. The van der Waals surface area contributed by atoms with Gasteiger partial charge in [0.1, 0.15) is 82.6 Å². The van der Waals surface area contributed by atoms with Crippen molar-refractivity contribution in [3.05, 3.63) is 164 Å². The average Bonchev–Trinajstić information content (AvgIpc) is 0.750. The van der Waals surface area contributed by atoms with Gasteiger partial charge in [0.05, 0.1) is 15.6 Å². The fourth-order valence-corrected chi connectivity index (χ4v) is 14.0. The first-order chi connectivity index (χ1) is 50.4. The number of ether oxygens (including phenoxy) is 3. The summed E-state index contributed by atoms with van der Waals surface area (Å²) in [6, 6.07) is 7.74. The summed E-state index contributed by atoms with van der Waals surface area (Å²) in [7, 11) is 0. The zero-order valence-electron chi connectivity index (χ0n) is 57.4. The van der Waals surface area contributed by atoms with E-state index in [2.05, 4.69) is 44.1 Å². The van der Waals surface area contributed by atoms with Gasteiger partial charge in [0.25, 0.3) is 0 Å². The van der Waals surface area contributed by atoms with E-state index < -0.39 is 147 Å². The molecule has 0 fully saturated rings. The number of amides is 6. The number of carboxylic acid groups (broad SMARTS) is 1. The highest BCUT2D eigenvalue weighted by molar-refractivity contribution is 6.32. The number of unbranched alkanes of at least 4 members (excludes halogenated alkanes) is 15. The average molecular weight is 1480 g/mol. The predicted octanol–water partition coefficient (Wildman–Crippen LogP) is 11.3. The molecule has 17 bridgehead atoms. The van der Waals surface area contributed by atoms with Crippen molar-refractivity contribution in [2.75, 3.05) is 6.54 Å². The lowest BCUT2D eigenvalue weighted by Gasteiger charge is -2.31. The summed E-state index contributed by atoms with van der Waals surface area (Å²) in [6.07, 6.45) is 16.3. The molecule has 0 radical (unpaired) electrons. The molecule has 6 heterocycles. The lowest BCUT2D eigenvalue weighted by atomic mass is 9.88. The Morgan fingerprint density at radius 3 is 1.66 bits per heavy atom. The molecule has 6 aliphatic rings. The lowest BCUT2D eigenvalue weighted by Crippen LogP contribution is -2.55. The van der Waals surface area contributed by atoms with Crippen molar-refractivity contribution in [2.24, 2.45) is 5.73 Å². The summed E-state index contributed by atoms with van der Waals surface area (Å²) in [5, 5.41) is 112. The number of aromatic hydroxyl groups is 6. The van der Waals surface area contributed by atoms with E-state index >= 15 is 24.0 Å². The van der Waals surface area contributed by atoms with Gasteiger partial charge in [0.2, 0.25) is 41.2 Å². The Hall–Kier alpha value is -10.5. The van der Waals surface area contributed by atoms with Crippen molar-refractivity contribution in [3.63, 3.8) is 0 Å². The monoisotopic (exact) mass is 1480 g/mol. The minimum atomic E-state index is -2.21. The molecule has 0 saturated heterocycles. The number of rotatable bonds is 20. The minimum Gasteiger partial charge on any atom is -0.508 e. The Balaban J connectivity index is 0.988. The zero-order valence-corrected chi connectivity index (χ0v) is 59.0. The van der Waals surface area contributed by atoms with Gasteiger partial charge in [-0.05, 0) is 125 Å². The third kappa shape index (κ3) is 17.8. The van der Waals surface area contributed by atoms with Gasteiger partial charge in [0.15, 0.2) is 29.0 Å². The Morgan fingerprint density at radius 2 is 1.04 bits per heavy atom. The van der Waals surface area contributed by atoms with Crippen LogP contribution >= 0.6 is 23.2 Å². The van der Waals surface area contributed by atoms with Crippen LogP contribution in [0.4, 0.5) is 0 Å². The van der Waals surface area contributed by atoms with E-state index in [0.717, 1.165) is 80.6 Å². The van der Waals surface area contributed by atoms with Gasteiger partial charge >= 0.3 is 5.97 Å². The SMILES string of the molecule is CCCCCCCCCCCCCCCCCCNCc1c(O)cc2c(c1O)-c1cc(ccc1O)[C@H]1NC(=O)[C@@H]3NC(=O)[C@H]4NC(=O)[C@@H](Cc5ccc(c(Cl)c5)Oc5cc3cc(c5O)Oc3ccc(cc3Cl)[C@@H](O)[C@H](NC1=O)C(=O)N[C@@H]2C(=O)O)NC(=O)[C@@H](N)c1ccc(O)c(c1)Oc1cc(O)cc4c1. The molecule has 13 rings (SSSR count). The first-order valence-electron chi connectivity index (χ1n) is 35.2. The summed E-state index contributed by atoms with van der Waals surface area (Å²) in [5.41, 5.74) is 4.43. The van der Waals surface area contributed by atoms with Crippen molar-refractivity contribution in [1.82, 2.24) is 37.2 Å². The van der Waals surface area contributed by atoms with Crippen LogP contribution in [0.15, 0.2) is 109 Å². The number of nitrogens with one attached hydrogen (secondary N) is 7. The third-order valence-corrected chi connectivity index (χ3v) is 19.8. The van der Waals surface area contributed by atoms with Gasteiger partial charge in [-0.1, -0.05) is 151 Å². The predicted molar refractivity (Wildman–Crippen MR) is 386 cm³/mol. The summed E-state index contributed by atoms with van der Waals surface area (Å²) < 4.78 is 18.6. The number of aliphatic hydroxyl groups is 1. The van der Waals surface area contributed by atoms with Crippen LogP contribution < -0.4 is 57.2 Å². The molecule has 6 amide bonds. The molecule has 7 aromatic rings. The number of carbonyl (C=O) groups excluding carboxylic acids is 6. The van der Waals surface area contributed by atoms with E-state index in [1.165, 1.54) is 131 Å². The van der Waals surface area contributed by atoms with Crippen LogP contribution in [0.3, 0.4) is 0 Å². The highest BCUT2D eigenvalue weighted by atomic mass is 35.5. The molecule has 0 aliphatic carbocycles. The topological polar surface area (TPSA) is 419 Å². The van der Waals surface area contributed by atoms with E-state index in [0.29, 0.717) is 12.1 Å². The molecule has 105 heavy (non-hydrogen) atoms. The Bertz CT molecular complexity index is 4460. The fourth-order valence-electron chi connectivity index (χ4n) is 13.5. The number of carboxylic acids is 1. The molecule has 7 aromatic carbocycles. The molecular weight excluding hydrogens is 1400 g/mol. The zero-order chi connectivity index (χ0) is 74.8. The van der Waals surface area contributed by atoms with E-state index in [1.807, 2.05) is 0 Å². The second-order valence-corrected chi connectivity index (χ2v) is 27.7. The molecule has 0 spiro atoms. The first kappa shape index (κ1) is 75.6. The number of benzene rings is 7. The van der Waals surface area contributed by atoms with E-state index in [9.17, 15) is 50.4 Å². The van der Waals surface area contributed by atoms with Crippen LogP contribution in [-0.2, 0) is 46.5 Å². The Morgan fingerprint density at radius 1 is 0.495 bits per heavy atom. The van der Waals surface area contributed by atoms with E-state index in [4.69, 9.17) is 43.1 Å². The Kier molecular flexibility index (Phi) is 24.5. The van der Waals surface area contributed by atoms with Gasteiger partial charge in [-0.25, -0.2) is 4.79 Å². The highest BCUT2D eigenvalue weighted by Gasteiger charge is 2.42. The van der Waals surface area contributed by atoms with Crippen LogP contribution in [-0.4, -0.2) is 101 Å². The van der Waals surface area contributed by atoms with Crippen LogP contribution in [0.2, 0.25) is 10.0 Å². The van der Waals surface area contributed by atoms with Crippen molar-refractivity contribution < 1.29 is 88.6 Å². The van der Waals surface area contributed by atoms with Crippen molar-refractivity contribution in [3.8, 4) is 80.1 Å². The lowest BCUT2D eigenvalue weighted by molar-refractivity contribution is -0.143. The molecule has 28 heteroatoms. The van der Waals surface area contributed by atoms with Gasteiger partial charge in [-0.3, -0.25) is 28.8 Å². The number of hydrogen-bond donors (Lipinski definition) is 16. The van der Waals surface area contributed by atoms with E-state index in [-0.39, 0.29) is 85.0 Å². The highest BCUT2D eigenvalue weighted by Crippen LogP contribution is 2.49. The summed E-state index contributed by atoms with van der Waals surface area (Å²) >= 11 is 13.8. The normalized spacial score (nSPS) is 20.1. The molecule has 0 saturated carbocycles. The molecule has 0 aromatic heterocycles.